The van der Waals surface area contributed by atoms with Crippen molar-refractivity contribution in [3.63, 3.8) is 0 Å². The van der Waals surface area contributed by atoms with Gasteiger partial charge >= 0.3 is 7.82 Å². The third kappa shape index (κ3) is 18.5. The first-order valence-corrected chi connectivity index (χ1v) is 14.9. The summed E-state index contributed by atoms with van der Waals surface area (Å²) in [7, 11) is -3.45. The zero-order valence-electron chi connectivity index (χ0n) is 21.3. The predicted molar refractivity (Wildman–Crippen MR) is 133 cm³/mol. The van der Waals surface area contributed by atoms with Gasteiger partial charge in [0.2, 0.25) is 5.91 Å². The summed E-state index contributed by atoms with van der Waals surface area (Å²) in [5.74, 6) is -0.179. The lowest BCUT2D eigenvalue weighted by Gasteiger charge is -2.19. The Morgan fingerprint density at radius 2 is 1.24 bits per heavy atom. The summed E-state index contributed by atoms with van der Waals surface area (Å²) >= 11 is 0. The zero-order valence-corrected chi connectivity index (χ0v) is 22.2. The van der Waals surface area contributed by atoms with Gasteiger partial charge in [-0.1, -0.05) is 103 Å². The first kappa shape index (κ1) is 30.6. The lowest BCUT2D eigenvalue weighted by atomic mass is 10.0. The van der Waals surface area contributed by atoms with Crippen LogP contribution in [0.4, 0.5) is 0 Å². The smallest absolute Gasteiger partial charge is 0.379 e. The molecule has 1 fully saturated rings. The van der Waals surface area contributed by atoms with Crippen LogP contribution in [0.1, 0.15) is 117 Å². The molecular weight excluding hydrogens is 441 g/mol. The lowest BCUT2D eigenvalue weighted by Crippen LogP contribution is -2.40. The number of ether oxygens (including phenoxy) is 1. The van der Waals surface area contributed by atoms with Crippen molar-refractivity contribution in [2.24, 2.45) is 0 Å². The average Bonchev–Trinajstić information content (AvgIpc) is 3.23. The number of phosphoric ester groups is 1. The maximum absolute atomic E-state index is 12.0. The highest BCUT2D eigenvalue weighted by Gasteiger charge is 2.33. The molecule has 1 N–H and O–H groups in total. The molecule has 0 unspecified atom stereocenters. The van der Waals surface area contributed by atoms with Gasteiger partial charge in [-0.2, -0.15) is 0 Å². The van der Waals surface area contributed by atoms with Gasteiger partial charge in [0, 0.05) is 13.5 Å². The fraction of sp³-hybridized carbons (Fsp3) is 0.960. The third-order valence-corrected chi connectivity index (χ3v) is 7.35. The second-order valence-electron chi connectivity index (χ2n) is 9.19. The minimum absolute atomic E-state index is 0.0375. The van der Waals surface area contributed by atoms with E-state index >= 15 is 0 Å². The summed E-state index contributed by atoms with van der Waals surface area (Å²) in [5.41, 5.74) is 0. The zero-order chi connectivity index (χ0) is 24.0. The Balaban J connectivity index is 1.87. The Labute approximate surface area is 202 Å². The number of amides is 1. The molecule has 1 amide bonds. The summed E-state index contributed by atoms with van der Waals surface area (Å²) < 4.78 is 33.0. The molecule has 1 heterocycles. The molecule has 196 valence electrons. The van der Waals surface area contributed by atoms with Gasteiger partial charge in [0.05, 0.1) is 32.5 Å². The quantitative estimate of drug-likeness (QED) is 0.123. The molecule has 1 aliphatic heterocycles. The van der Waals surface area contributed by atoms with E-state index in [2.05, 4.69) is 12.2 Å². The molecule has 1 saturated heterocycles. The van der Waals surface area contributed by atoms with Gasteiger partial charge in [-0.05, 0) is 6.42 Å². The Morgan fingerprint density at radius 1 is 0.788 bits per heavy atom. The minimum atomic E-state index is -3.45. The van der Waals surface area contributed by atoms with Crippen molar-refractivity contribution in [2.45, 2.75) is 123 Å². The number of unbranched alkanes of at least 4 members (excludes halogenated alkanes) is 15. The molecule has 8 heteroatoms. The topological polar surface area (TPSA) is 83.1 Å². The van der Waals surface area contributed by atoms with Gasteiger partial charge in [-0.3, -0.25) is 18.4 Å². The monoisotopic (exact) mass is 491 g/mol. The van der Waals surface area contributed by atoms with Crippen molar-refractivity contribution >= 4 is 13.7 Å². The van der Waals surface area contributed by atoms with Crippen LogP contribution >= 0.6 is 7.82 Å². The van der Waals surface area contributed by atoms with Crippen LogP contribution in [0.15, 0.2) is 0 Å². The van der Waals surface area contributed by atoms with Crippen LogP contribution in [0.2, 0.25) is 0 Å². The van der Waals surface area contributed by atoms with Gasteiger partial charge in [0.1, 0.15) is 0 Å². The van der Waals surface area contributed by atoms with Gasteiger partial charge in [0.15, 0.2) is 0 Å². The fourth-order valence-electron chi connectivity index (χ4n) is 3.99. The van der Waals surface area contributed by atoms with Crippen LogP contribution in [0, 0.1) is 0 Å². The number of carbonyl (C=O) groups excluding carboxylic acids is 1. The molecule has 0 radical (unpaired) electrons. The van der Waals surface area contributed by atoms with E-state index in [9.17, 15) is 9.36 Å². The van der Waals surface area contributed by atoms with Crippen LogP contribution < -0.4 is 5.32 Å². The molecule has 0 aliphatic carbocycles. The molecule has 0 bridgehead atoms. The van der Waals surface area contributed by atoms with Gasteiger partial charge in [0.25, 0.3) is 0 Å². The number of phosphoric acid groups is 1. The molecular formula is C25H50NO6P. The largest absolute Gasteiger partial charge is 0.475 e. The maximum atomic E-state index is 12.0. The molecule has 0 aromatic rings. The normalized spacial score (nSPS) is 16.2. The third-order valence-electron chi connectivity index (χ3n) is 5.88. The molecule has 0 aromatic carbocycles. The molecule has 7 nitrogen and oxygen atoms in total. The van der Waals surface area contributed by atoms with Crippen molar-refractivity contribution in [1.29, 1.82) is 0 Å². The molecule has 1 aliphatic rings. The van der Waals surface area contributed by atoms with E-state index in [0.29, 0.717) is 13.2 Å². The fourth-order valence-corrected chi connectivity index (χ4v) is 5.17. The number of carbonyl (C=O) groups is 1. The molecule has 0 saturated carbocycles. The van der Waals surface area contributed by atoms with Crippen LogP contribution in [0.25, 0.3) is 0 Å². The average molecular weight is 492 g/mol. The highest BCUT2D eigenvalue weighted by Crippen LogP contribution is 2.52. The van der Waals surface area contributed by atoms with E-state index in [1.807, 2.05) is 0 Å². The van der Waals surface area contributed by atoms with Gasteiger partial charge in [-0.15, -0.1) is 0 Å². The summed E-state index contributed by atoms with van der Waals surface area (Å²) in [6.07, 6.45) is 21.5. The highest BCUT2D eigenvalue weighted by molar-refractivity contribution is 7.48. The number of rotatable bonds is 23. The number of nitrogens with one attached hydrogen (secondary N) is 1. The van der Waals surface area contributed by atoms with Gasteiger partial charge in [-0.25, -0.2) is 4.57 Å². The second-order valence-corrected chi connectivity index (χ2v) is 10.9. The van der Waals surface area contributed by atoms with Crippen molar-refractivity contribution in [2.75, 3.05) is 33.0 Å². The van der Waals surface area contributed by atoms with Crippen molar-refractivity contribution in [3.05, 3.63) is 0 Å². The number of hydrogen-bond acceptors (Lipinski definition) is 6. The van der Waals surface area contributed by atoms with E-state index in [1.165, 1.54) is 96.8 Å². The molecule has 33 heavy (non-hydrogen) atoms. The molecule has 1 atom stereocenters. The van der Waals surface area contributed by atoms with E-state index in [1.54, 1.807) is 0 Å². The highest BCUT2D eigenvalue weighted by atomic mass is 31.2. The Kier molecular flexibility index (Phi) is 19.3. The predicted octanol–water partition coefficient (Wildman–Crippen LogP) is 6.94. The lowest BCUT2D eigenvalue weighted by molar-refractivity contribution is -0.120. The summed E-state index contributed by atoms with van der Waals surface area (Å²) in [6, 6.07) is -0.373. The van der Waals surface area contributed by atoms with Crippen LogP contribution in [0.5, 0.6) is 0 Å². The van der Waals surface area contributed by atoms with Crippen LogP contribution in [0.3, 0.4) is 0 Å². The van der Waals surface area contributed by atoms with E-state index in [-0.39, 0.29) is 31.8 Å². The van der Waals surface area contributed by atoms with Crippen molar-refractivity contribution < 1.29 is 27.7 Å². The van der Waals surface area contributed by atoms with E-state index in [0.717, 1.165) is 12.8 Å². The van der Waals surface area contributed by atoms with E-state index in [4.69, 9.17) is 18.3 Å². The second kappa shape index (κ2) is 20.9. The first-order valence-electron chi connectivity index (χ1n) is 13.4. The number of hydrogen-bond donors (Lipinski definition) is 1. The van der Waals surface area contributed by atoms with E-state index < -0.39 is 7.82 Å². The van der Waals surface area contributed by atoms with Crippen LogP contribution in [-0.4, -0.2) is 45.0 Å². The Bertz CT molecular complexity index is 509. The first-order chi connectivity index (χ1) is 16.1. The summed E-state index contributed by atoms with van der Waals surface area (Å²) in [6.45, 7) is 5.24. The SMILES string of the molecule is CCCCCCCCCCCCCCCCCCOC[C@H](COP1(=O)OCCO1)NC(C)=O. The standard InChI is InChI=1S/C25H50NO6P/c1-3-4-5-6-7-8-9-10-11-12-13-14-15-16-17-18-19-29-22-25(26-24(2)27)23-32-33(28)30-20-21-31-33/h25H,3-23H2,1-2H3,(H,26,27)/t25-/m1/s1. The Hall–Kier alpha value is -0.460. The summed E-state index contributed by atoms with van der Waals surface area (Å²) in [5, 5.41) is 2.76. The van der Waals surface area contributed by atoms with Gasteiger partial charge < -0.3 is 10.1 Å². The van der Waals surface area contributed by atoms with Crippen LogP contribution in [-0.2, 0) is 27.7 Å². The summed E-state index contributed by atoms with van der Waals surface area (Å²) in [4.78, 5) is 11.4. The Morgan fingerprint density at radius 3 is 1.70 bits per heavy atom. The maximum Gasteiger partial charge on any atom is 0.475 e. The molecule has 0 spiro atoms. The molecule has 0 aromatic heterocycles. The van der Waals surface area contributed by atoms with Crippen molar-refractivity contribution in [1.82, 2.24) is 5.32 Å². The van der Waals surface area contributed by atoms with Crippen molar-refractivity contribution in [3.8, 4) is 0 Å². The molecule has 1 rings (SSSR count). The minimum Gasteiger partial charge on any atom is -0.379 e.